The van der Waals surface area contributed by atoms with Gasteiger partial charge in [0.25, 0.3) is 5.91 Å². The number of benzene rings is 1. The number of nitrogens with one attached hydrogen (secondary N) is 2. The number of nitrogens with zero attached hydrogens (tertiary/aromatic N) is 1. The van der Waals surface area contributed by atoms with Crippen LogP contribution in [-0.2, 0) is 11.3 Å². The Kier molecular flexibility index (Phi) is 4.61. The molecule has 2 amide bonds. The molecular formula is C15H14FN3O2. The fraction of sp³-hybridized carbons (Fsp3) is 0.133. The number of carbonyl (C=O) groups excluding carboxylic acids is 2. The molecule has 0 aliphatic rings. The van der Waals surface area contributed by atoms with Crippen LogP contribution in [0, 0.1) is 5.82 Å². The van der Waals surface area contributed by atoms with Crippen molar-refractivity contribution in [2.45, 2.75) is 13.5 Å². The van der Waals surface area contributed by atoms with Gasteiger partial charge in [-0.25, -0.2) is 4.39 Å². The van der Waals surface area contributed by atoms with Crippen molar-refractivity contribution < 1.29 is 14.0 Å². The molecule has 0 radical (unpaired) electrons. The number of pyridine rings is 1. The summed E-state index contributed by atoms with van der Waals surface area (Å²) in [5, 5.41) is 5.27. The van der Waals surface area contributed by atoms with Crippen LogP contribution in [0.2, 0.25) is 0 Å². The van der Waals surface area contributed by atoms with Crippen LogP contribution >= 0.6 is 0 Å². The van der Waals surface area contributed by atoms with Gasteiger partial charge in [0, 0.05) is 24.4 Å². The van der Waals surface area contributed by atoms with Crippen molar-refractivity contribution in [1.29, 1.82) is 0 Å². The molecule has 2 N–H and O–H groups in total. The quantitative estimate of drug-likeness (QED) is 0.904. The van der Waals surface area contributed by atoms with Crippen molar-refractivity contribution in [3.8, 4) is 0 Å². The summed E-state index contributed by atoms with van der Waals surface area (Å²) >= 11 is 0. The molecule has 0 aliphatic heterocycles. The average Bonchev–Trinajstić information content (AvgIpc) is 2.48. The summed E-state index contributed by atoms with van der Waals surface area (Å²) < 4.78 is 12.8. The number of amides is 2. The summed E-state index contributed by atoms with van der Waals surface area (Å²) in [5.41, 5.74) is 1.49. The Balaban J connectivity index is 2.06. The molecule has 0 atom stereocenters. The van der Waals surface area contributed by atoms with Gasteiger partial charge in [-0.3, -0.25) is 14.6 Å². The second-order valence-corrected chi connectivity index (χ2v) is 4.41. The Morgan fingerprint density at radius 3 is 2.57 bits per heavy atom. The molecule has 0 saturated carbocycles. The topological polar surface area (TPSA) is 71.1 Å². The van der Waals surface area contributed by atoms with Crippen LogP contribution in [0.25, 0.3) is 0 Å². The lowest BCUT2D eigenvalue weighted by atomic mass is 10.2. The molecule has 0 spiro atoms. The summed E-state index contributed by atoms with van der Waals surface area (Å²) in [5.74, 6) is -0.861. The highest BCUT2D eigenvalue weighted by Crippen LogP contribution is 2.11. The van der Waals surface area contributed by atoms with Gasteiger partial charge < -0.3 is 10.6 Å². The highest BCUT2D eigenvalue weighted by molar-refractivity contribution is 6.04. The van der Waals surface area contributed by atoms with E-state index < -0.39 is 0 Å². The zero-order valence-corrected chi connectivity index (χ0v) is 11.4. The number of rotatable bonds is 4. The minimum atomic E-state index is -0.366. The minimum Gasteiger partial charge on any atom is -0.351 e. The summed E-state index contributed by atoms with van der Waals surface area (Å²) in [7, 11) is 0. The van der Waals surface area contributed by atoms with Crippen molar-refractivity contribution in [1.82, 2.24) is 10.3 Å². The van der Waals surface area contributed by atoms with Crippen LogP contribution in [0.5, 0.6) is 0 Å². The maximum absolute atomic E-state index is 12.8. The number of hydrogen-bond acceptors (Lipinski definition) is 3. The molecule has 2 aromatic rings. The molecule has 2 rings (SSSR count). The van der Waals surface area contributed by atoms with Crippen LogP contribution in [0.4, 0.5) is 10.1 Å². The lowest BCUT2D eigenvalue weighted by Crippen LogP contribution is -2.20. The first-order chi connectivity index (χ1) is 10.0. The monoisotopic (exact) mass is 287 g/mol. The van der Waals surface area contributed by atoms with Crippen molar-refractivity contribution >= 4 is 17.5 Å². The summed E-state index contributed by atoms with van der Waals surface area (Å²) in [6.07, 6.45) is 1.50. The van der Waals surface area contributed by atoms with E-state index in [-0.39, 0.29) is 24.2 Å². The number of hydrogen-bond donors (Lipinski definition) is 2. The van der Waals surface area contributed by atoms with Crippen LogP contribution in [0.1, 0.15) is 23.0 Å². The van der Waals surface area contributed by atoms with Gasteiger partial charge in [0.2, 0.25) is 5.91 Å². The molecule has 1 aromatic carbocycles. The van der Waals surface area contributed by atoms with E-state index >= 15 is 0 Å². The minimum absolute atomic E-state index is 0.169. The van der Waals surface area contributed by atoms with E-state index in [0.29, 0.717) is 16.9 Å². The van der Waals surface area contributed by atoms with E-state index in [9.17, 15) is 14.0 Å². The van der Waals surface area contributed by atoms with Gasteiger partial charge in [0.15, 0.2) is 0 Å². The maximum atomic E-state index is 12.8. The molecule has 0 bridgehead atoms. The van der Waals surface area contributed by atoms with E-state index in [1.165, 1.54) is 37.4 Å². The molecule has 1 aromatic heterocycles. The Morgan fingerprint density at radius 1 is 1.19 bits per heavy atom. The molecular weight excluding hydrogens is 273 g/mol. The van der Waals surface area contributed by atoms with Crippen molar-refractivity contribution in [2.75, 3.05) is 5.32 Å². The zero-order chi connectivity index (χ0) is 15.2. The Morgan fingerprint density at radius 2 is 1.90 bits per heavy atom. The fourth-order valence-corrected chi connectivity index (χ4v) is 1.67. The number of anilines is 1. The molecule has 0 fully saturated rings. The molecule has 1 heterocycles. The Hall–Kier alpha value is -2.76. The van der Waals surface area contributed by atoms with Gasteiger partial charge in [-0.05, 0) is 36.4 Å². The predicted octanol–water partition coefficient (Wildman–Crippen LogP) is 2.11. The zero-order valence-electron chi connectivity index (χ0n) is 11.4. The first kappa shape index (κ1) is 14.6. The van der Waals surface area contributed by atoms with E-state index in [1.54, 1.807) is 12.1 Å². The molecule has 6 heteroatoms. The van der Waals surface area contributed by atoms with E-state index in [0.717, 1.165) is 0 Å². The van der Waals surface area contributed by atoms with Gasteiger partial charge in [0.05, 0.1) is 12.2 Å². The SMILES string of the molecule is CC(=O)NCc1cc(C(=O)Nc2ccc(F)cc2)ccn1. The molecule has 0 saturated heterocycles. The first-order valence-electron chi connectivity index (χ1n) is 6.31. The molecule has 21 heavy (non-hydrogen) atoms. The average molecular weight is 287 g/mol. The standard InChI is InChI=1S/C15H14FN3O2/c1-10(20)18-9-14-8-11(6-7-17-14)15(21)19-13-4-2-12(16)3-5-13/h2-8H,9H2,1H3,(H,18,20)(H,19,21). The number of halogens is 1. The van der Waals surface area contributed by atoms with Gasteiger partial charge >= 0.3 is 0 Å². The maximum Gasteiger partial charge on any atom is 0.255 e. The summed E-state index contributed by atoms with van der Waals surface area (Å²) in [4.78, 5) is 27.0. The van der Waals surface area contributed by atoms with E-state index in [1.807, 2.05) is 0 Å². The highest BCUT2D eigenvalue weighted by atomic mass is 19.1. The normalized spacial score (nSPS) is 10.0. The predicted molar refractivity (Wildman–Crippen MR) is 76.1 cm³/mol. The lowest BCUT2D eigenvalue weighted by Gasteiger charge is -2.07. The van der Waals surface area contributed by atoms with Gasteiger partial charge in [-0.15, -0.1) is 0 Å². The molecule has 108 valence electrons. The van der Waals surface area contributed by atoms with Crippen LogP contribution < -0.4 is 10.6 Å². The Bertz CT molecular complexity index is 656. The van der Waals surface area contributed by atoms with Crippen molar-refractivity contribution in [3.63, 3.8) is 0 Å². The summed E-state index contributed by atoms with van der Waals surface area (Å²) in [6.45, 7) is 1.66. The second kappa shape index (κ2) is 6.60. The van der Waals surface area contributed by atoms with Crippen LogP contribution in [-0.4, -0.2) is 16.8 Å². The third-order valence-corrected chi connectivity index (χ3v) is 2.70. The first-order valence-corrected chi connectivity index (χ1v) is 6.31. The van der Waals surface area contributed by atoms with E-state index in [2.05, 4.69) is 15.6 Å². The molecule has 0 aliphatic carbocycles. The number of aromatic nitrogens is 1. The van der Waals surface area contributed by atoms with Gasteiger partial charge in [-0.2, -0.15) is 0 Å². The van der Waals surface area contributed by atoms with Gasteiger partial charge in [0.1, 0.15) is 5.82 Å². The highest BCUT2D eigenvalue weighted by Gasteiger charge is 2.08. The smallest absolute Gasteiger partial charge is 0.255 e. The molecule has 5 nitrogen and oxygen atoms in total. The van der Waals surface area contributed by atoms with Crippen LogP contribution in [0.15, 0.2) is 42.6 Å². The molecule has 0 unspecified atom stereocenters. The number of carbonyl (C=O) groups is 2. The third-order valence-electron chi connectivity index (χ3n) is 2.70. The van der Waals surface area contributed by atoms with Crippen molar-refractivity contribution in [3.05, 3.63) is 59.7 Å². The van der Waals surface area contributed by atoms with Crippen molar-refractivity contribution in [2.24, 2.45) is 0 Å². The summed E-state index contributed by atoms with van der Waals surface area (Å²) in [6, 6.07) is 8.65. The van der Waals surface area contributed by atoms with Gasteiger partial charge in [-0.1, -0.05) is 0 Å². The Labute approximate surface area is 121 Å². The fourth-order valence-electron chi connectivity index (χ4n) is 1.67. The second-order valence-electron chi connectivity index (χ2n) is 4.41. The lowest BCUT2D eigenvalue weighted by molar-refractivity contribution is -0.119. The third kappa shape index (κ3) is 4.38. The largest absolute Gasteiger partial charge is 0.351 e. The van der Waals surface area contributed by atoms with E-state index in [4.69, 9.17) is 0 Å². The van der Waals surface area contributed by atoms with Crippen LogP contribution in [0.3, 0.4) is 0 Å².